The highest BCUT2D eigenvalue weighted by Crippen LogP contribution is 2.18. The molecule has 0 aliphatic carbocycles. The Morgan fingerprint density at radius 3 is 2.50 bits per heavy atom. The van der Waals surface area contributed by atoms with Crippen LogP contribution < -0.4 is 0 Å². The predicted octanol–water partition coefficient (Wildman–Crippen LogP) is 1.12. The van der Waals surface area contributed by atoms with Crippen LogP contribution in [0.25, 0.3) is 0 Å². The lowest BCUT2D eigenvalue weighted by Gasteiger charge is -2.40. The summed E-state index contributed by atoms with van der Waals surface area (Å²) in [5.74, 6) is 0. The van der Waals surface area contributed by atoms with Crippen LogP contribution in [0.5, 0.6) is 0 Å². The highest BCUT2D eigenvalue weighted by molar-refractivity contribution is 4.81. The normalized spacial score (nSPS) is 34.2. The molecule has 2 nitrogen and oxygen atoms in total. The molecular formula is C8H17NO. The van der Waals surface area contributed by atoms with Crippen molar-refractivity contribution in [1.29, 1.82) is 0 Å². The van der Waals surface area contributed by atoms with Crippen LogP contribution in [0.1, 0.15) is 20.8 Å². The van der Waals surface area contributed by atoms with E-state index in [0.717, 1.165) is 13.2 Å². The van der Waals surface area contributed by atoms with Crippen molar-refractivity contribution in [2.75, 3.05) is 20.2 Å². The highest BCUT2D eigenvalue weighted by atomic mass is 16.5. The quantitative estimate of drug-likeness (QED) is 0.504. The summed E-state index contributed by atoms with van der Waals surface area (Å²) >= 11 is 0. The van der Waals surface area contributed by atoms with Crippen LogP contribution in [-0.4, -0.2) is 36.7 Å². The Kier molecular flexibility index (Phi) is 2.02. The molecule has 0 saturated carbocycles. The number of hydrogen-bond acceptors (Lipinski definition) is 2. The molecule has 0 aromatic rings. The summed E-state index contributed by atoms with van der Waals surface area (Å²) < 4.78 is 5.61. The minimum absolute atomic E-state index is 0.0568. The molecule has 0 amide bonds. The maximum atomic E-state index is 5.61. The zero-order valence-electron chi connectivity index (χ0n) is 7.35. The topological polar surface area (TPSA) is 12.5 Å². The van der Waals surface area contributed by atoms with E-state index in [4.69, 9.17) is 4.74 Å². The fraction of sp³-hybridized carbons (Fsp3) is 1.00. The van der Waals surface area contributed by atoms with Crippen LogP contribution in [0.3, 0.4) is 0 Å². The smallest absolute Gasteiger partial charge is 0.0753 e. The molecule has 1 rings (SSSR count). The molecule has 1 fully saturated rings. The second-order valence-electron chi connectivity index (χ2n) is 3.83. The molecule has 0 bridgehead atoms. The minimum Gasteiger partial charge on any atom is -0.373 e. The van der Waals surface area contributed by atoms with Crippen LogP contribution in [0.4, 0.5) is 0 Å². The van der Waals surface area contributed by atoms with Crippen LogP contribution in [0.2, 0.25) is 0 Å². The van der Waals surface area contributed by atoms with Crippen LogP contribution in [0.15, 0.2) is 0 Å². The molecule has 10 heavy (non-hydrogen) atoms. The molecule has 1 aliphatic rings. The van der Waals surface area contributed by atoms with Crippen LogP contribution >= 0.6 is 0 Å². The number of rotatable bonds is 0. The van der Waals surface area contributed by atoms with E-state index in [2.05, 4.69) is 32.7 Å². The molecule has 60 valence electrons. The molecular weight excluding hydrogens is 126 g/mol. The molecule has 1 heterocycles. The van der Waals surface area contributed by atoms with E-state index in [1.54, 1.807) is 0 Å². The molecule has 0 radical (unpaired) electrons. The van der Waals surface area contributed by atoms with Gasteiger partial charge in [-0.25, -0.2) is 0 Å². The SMILES string of the molecule is CC1COC(C)(C)CN1C. The van der Waals surface area contributed by atoms with Gasteiger partial charge in [0, 0.05) is 12.6 Å². The average Bonchev–Trinajstić information content (AvgIpc) is 1.79. The van der Waals surface area contributed by atoms with Crippen molar-refractivity contribution in [3.05, 3.63) is 0 Å². The molecule has 0 N–H and O–H groups in total. The van der Waals surface area contributed by atoms with Gasteiger partial charge in [0.2, 0.25) is 0 Å². The monoisotopic (exact) mass is 143 g/mol. The molecule has 2 heteroatoms. The first-order valence-electron chi connectivity index (χ1n) is 3.85. The van der Waals surface area contributed by atoms with Crippen molar-refractivity contribution >= 4 is 0 Å². The molecule has 1 aliphatic heterocycles. The van der Waals surface area contributed by atoms with Crippen molar-refractivity contribution in [3.8, 4) is 0 Å². The predicted molar refractivity (Wildman–Crippen MR) is 42.1 cm³/mol. The summed E-state index contributed by atoms with van der Waals surface area (Å²) in [6.07, 6.45) is 0. The van der Waals surface area contributed by atoms with E-state index in [0.29, 0.717) is 6.04 Å². The van der Waals surface area contributed by atoms with Gasteiger partial charge < -0.3 is 4.74 Å². The molecule has 1 unspecified atom stereocenters. The number of nitrogens with zero attached hydrogens (tertiary/aromatic N) is 1. The van der Waals surface area contributed by atoms with E-state index in [9.17, 15) is 0 Å². The van der Waals surface area contributed by atoms with E-state index >= 15 is 0 Å². The van der Waals surface area contributed by atoms with Gasteiger partial charge in [-0.05, 0) is 27.8 Å². The largest absolute Gasteiger partial charge is 0.373 e. The number of ether oxygens (including phenoxy) is 1. The van der Waals surface area contributed by atoms with E-state index < -0.39 is 0 Å². The van der Waals surface area contributed by atoms with Crippen LogP contribution in [0, 0.1) is 0 Å². The lowest BCUT2D eigenvalue weighted by Crippen LogP contribution is -2.50. The second-order valence-corrected chi connectivity index (χ2v) is 3.83. The Morgan fingerprint density at radius 2 is 2.10 bits per heavy atom. The molecule has 1 saturated heterocycles. The first kappa shape index (κ1) is 8.02. The number of morpholine rings is 1. The van der Waals surface area contributed by atoms with Gasteiger partial charge in [-0.1, -0.05) is 0 Å². The molecule has 0 aromatic carbocycles. The van der Waals surface area contributed by atoms with Crippen molar-refractivity contribution in [2.45, 2.75) is 32.4 Å². The van der Waals surface area contributed by atoms with Gasteiger partial charge in [0.25, 0.3) is 0 Å². The number of likely N-dealkylation sites (N-methyl/N-ethyl adjacent to an activating group) is 1. The fourth-order valence-corrected chi connectivity index (χ4v) is 1.28. The van der Waals surface area contributed by atoms with Gasteiger partial charge in [-0.3, -0.25) is 4.90 Å². The third-order valence-corrected chi connectivity index (χ3v) is 2.10. The van der Waals surface area contributed by atoms with Crippen molar-refractivity contribution < 1.29 is 4.74 Å². The van der Waals surface area contributed by atoms with Crippen molar-refractivity contribution in [2.24, 2.45) is 0 Å². The maximum absolute atomic E-state index is 5.61. The standard InChI is InChI=1S/C8H17NO/c1-7-5-10-8(2,3)6-9(7)4/h7H,5-6H2,1-4H3. The third-order valence-electron chi connectivity index (χ3n) is 2.10. The van der Waals surface area contributed by atoms with Gasteiger partial charge in [0.05, 0.1) is 12.2 Å². The molecule has 0 aromatic heterocycles. The Hall–Kier alpha value is -0.0800. The third kappa shape index (κ3) is 1.70. The number of hydrogen-bond donors (Lipinski definition) is 0. The van der Waals surface area contributed by atoms with E-state index in [-0.39, 0.29) is 5.60 Å². The van der Waals surface area contributed by atoms with E-state index in [1.165, 1.54) is 0 Å². The summed E-state index contributed by atoms with van der Waals surface area (Å²) in [6, 6.07) is 0.577. The summed E-state index contributed by atoms with van der Waals surface area (Å²) in [5, 5.41) is 0. The first-order valence-corrected chi connectivity index (χ1v) is 3.85. The Balaban J connectivity index is 2.49. The zero-order valence-corrected chi connectivity index (χ0v) is 7.35. The molecule has 0 spiro atoms. The van der Waals surface area contributed by atoms with Crippen molar-refractivity contribution in [1.82, 2.24) is 4.90 Å². The van der Waals surface area contributed by atoms with Gasteiger partial charge in [0.1, 0.15) is 0 Å². The lowest BCUT2D eigenvalue weighted by atomic mass is 10.1. The Bertz CT molecular complexity index is 122. The highest BCUT2D eigenvalue weighted by Gasteiger charge is 2.28. The summed E-state index contributed by atoms with van der Waals surface area (Å²) in [7, 11) is 2.15. The van der Waals surface area contributed by atoms with Gasteiger partial charge in [-0.2, -0.15) is 0 Å². The average molecular weight is 143 g/mol. The minimum atomic E-state index is 0.0568. The zero-order chi connectivity index (χ0) is 7.78. The first-order chi connectivity index (χ1) is 4.51. The van der Waals surface area contributed by atoms with Crippen LogP contribution in [-0.2, 0) is 4.74 Å². The van der Waals surface area contributed by atoms with E-state index in [1.807, 2.05) is 0 Å². The van der Waals surface area contributed by atoms with Gasteiger partial charge in [0.15, 0.2) is 0 Å². The van der Waals surface area contributed by atoms with Crippen molar-refractivity contribution in [3.63, 3.8) is 0 Å². The second kappa shape index (κ2) is 2.51. The Morgan fingerprint density at radius 1 is 1.50 bits per heavy atom. The van der Waals surface area contributed by atoms with Gasteiger partial charge in [-0.15, -0.1) is 0 Å². The summed E-state index contributed by atoms with van der Waals surface area (Å²) in [5.41, 5.74) is 0.0568. The Labute approximate surface area is 63.2 Å². The lowest BCUT2D eigenvalue weighted by molar-refractivity contribution is -0.102. The summed E-state index contributed by atoms with van der Waals surface area (Å²) in [6.45, 7) is 8.36. The fourth-order valence-electron chi connectivity index (χ4n) is 1.28. The molecule has 1 atom stereocenters. The maximum Gasteiger partial charge on any atom is 0.0753 e. The summed E-state index contributed by atoms with van der Waals surface area (Å²) in [4.78, 5) is 2.34. The van der Waals surface area contributed by atoms with Gasteiger partial charge >= 0.3 is 0 Å².